The molecule has 2 saturated carbocycles. The molecular formula is C8H13ClO2S. The van der Waals surface area contributed by atoms with Gasteiger partial charge in [0.1, 0.15) is 0 Å². The molecule has 3 atom stereocenters. The minimum absolute atomic E-state index is 0.218. The van der Waals surface area contributed by atoms with E-state index in [0.29, 0.717) is 11.8 Å². The Balaban J connectivity index is 2.06. The van der Waals surface area contributed by atoms with Crippen LogP contribution in [-0.4, -0.2) is 13.7 Å². The summed E-state index contributed by atoms with van der Waals surface area (Å²) in [5.74, 6) is 1.05. The highest BCUT2D eigenvalue weighted by molar-refractivity contribution is 8.14. The van der Waals surface area contributed by atoms with E-state index in [1.807, 2.05) is 0 Å². The fourth-order valence-electron chi connectivity index (χ4n) is 2.62. The summed E-state index contributed by atoms with van der Waals surface area (Å²) in [5, 5.41) is -0.218. The van der Waals surface area contributed by atoms with Gasteiger partial charge in [-0.3, -0.25) is 0 Å². The maximum absolute atomic E-state index is 11.0. The van der Waals surface area contributed by atoms with Crippen LogP contribution >= 0.6 is 10.7 Å². The molecule has 0 aromatic rings. The van der Waals surface area contributed by atoms with Crippen LogP contribution in [0.2, 0.25) is 0 Å². The zero-order valence-electron chi connectivity index (χ0n) is 6.87. The number of hydrogen-bond donors (Lipinski definition) is 0. The first kappa shape index (κ1) is 8.82. The molecular weight excluding hydrogens is 196 g/mol. The molecule has 2 fully saturated rings. The van der Waals surface area contributed by atoms with Crippen LogP contribution < -0.4 is 0 Å². The Morgan fingerprint density at radius 2 is 1.83 bits per heavy atom. The van der Waals surface area contributed by atoms with Crippen molar-refractivity contribution in [1.82, 2.24) is 0 Å². The Bertz CT molecular complexity index is 273. The van der Waals surface area contributed by atoms with Gasteiger partial charge in [-0.1, -0.05) is 19.3 Å². The van der Waals surface area contributed by atoms with Gasteiger partial charge in [-0.2, -0.15) is 0 Å². The van der Waals surface area contributed by atoms with Crippen molar-refractivity contribution in [3.8, 4) is 0 Å². The lowest BCUT2D eigenvalue weighted by Crippen LogP contribution is -2.46. The van der Waals surface area contributed by atoms with Gasteiger partial charge in [0, 0.05) is 10.7 Å². The predicted octanol–water partition coefficient (Wildman–Crippen LogP) is 2.13. The molecule has 70 valence electrons. The van der Waals surface area contributed by atoms with E-state index in [9.17, 15) is 8.42 Å². The molecule has 0 aromatic heterocycles. The van der Waals surface area contributed by atoms with Gasteiger partial charge in [-0.15, -0.1) is 0 Å². The molecule has 12 heavy (non-hydrogen) atoms. The van der Waals surface area contributed by atoms with E-state index in [4.69, 9.17) is 10.7 Å². The van der Waals surface area contributed by atoms with E-state index in [1.54, 1.807) is 0 Å². The lowest BCUT2D eigenvalue weighted by molar-refractivity contribution is 0.121. The largest absolute Gasteiger partial charge is 0.235 e. The molecule has 2 rings (SSSR count). The van der Waals surface area contributed by atoms with E-state index in [-0.39, 0.29) is 5.25 Å². The summed E-state index contributed by atoms with van der Waals surface area (Å²) in [4.78, 5) is 0. The van der Waals surface area contributed by atoms with Crippen molar-refractivity contribution in [1.29, 1.82) is 0 Å². The van der Waals surface area contributed by atoms with Crippen molar-refractivity contribution in [2.75, 3.05) is 0 Å². The molecule has 0 spiro atoms. The van der Waals surface area contributed by atoms with Gasteiger partial charge >= 0.3 is 0 Å². The van der Waals surface area contributed by atoms with Gasteiger partial charge in [-0.25, -0.2) is 8.42 Å². The molecule has 2 aliphatic rings. The summed E-state index contributed by atoms with van der Waals surface area (Å²) < 4.78 is 22.1. The highest BCUT2D eigenvalue weighted by atomic mass is 35.7. The molecule has 4 heteroatoms. The zero-order chi connectivity index (χ0) is 8.77. The highest BCUT2D eigenvalue weighted by Gasteiger charge is 2.47. The fraction of sp³-hybridized carbons (Fsp3) is 1.00. The number of halogens is 1. The first-order chi connectivity index (χ1) is 5.59. The molecule has 2 nitrogen and oxygen atoms in total. The smallest absolute Gasteiger partial charge is 0.212 e. The van der Waals surface area contributed by atoms with Gasteiger partial charge in [-0.05, 0) is 24.7 Å². The molecule has 0 aliphatic heterocycles. The van der Waals surface area contributed by atoms with Crippen molar-refractivity contribution in [3.63, 3.8) is 0 Å². The van der Waals surface area contributed by atoms with Crippen molar-refractivity contribution in [3.05, 3.63) is 0 Å². The first-order valence-electron chi connectivity index (χ1n) is 4.52. The Hall–Kier alpha value is 0.240. The van der Waals surface area contributed by atoms with Crippen LogP contribution in [0.15, 0.2) is 0 Å². The second-order valence-electron chi connectivity index (χ2n) is 3.96. The Labute approximate surface area is 77.7 Å². The summed E-state index contributed by atoms with van der Waals surface area (Å²) >= 11 is 0. The minimum atomic E-state index is -3.26. The van der Waals surface area contributed by atoms with Crippen LogP contribution in [0.1, 0.15) is 32.1 Å². The first-order valence-corrected chi connectivity index (χ1v) is 6.90. The van der Waals surface area contributed by atoms with E-state index < -0.39 is 9.05 Å². The third kappa shape index (κ3) is 1.37. The zero-order valence-corrected chi connectivity index (χ0v) is 8.44. The van der Waals surface area contributed by atoms with Gasteiger partial charge < -0.3 is 0 Å². The monoisotopic (exact) mass is 208 g/mol. The number of rotatable bonds is 1. The van der Waals surface area contributed by atoms with Crippen LogP contribution in [0.25, 0.3) is 0 Å². The van der Waals surface area contributed by atoms with Crippen LogP contribution in [-0.2, 0) is 9.05 Å². The summed E-state index contributed by atoms with van der Waals surface area (Å²) in [7, 11) is 2.06. The molecule has 0 heterocycles. The standard InChI is InChI=1S/C8H13ClO2S/c9-12(10,11)8-5-6-3-1-2-4-7(6)8/h6-8H,1-5H2. The molecule has 0 N–H and O–H groups in total. The lowest BCUT2D eigenvalue weighted by Gasteiger charge is -2.46. The molecule has 0 amide bonds. The van der Waals surface area contributed by atoms with Crippen molar-refractivity contribution >= 4 is 19.7 Å². The van der Waals surface area contributed by atoms with Crippen molar-refractivity contribution < 1.29 is 8.42 Å². The molecule has 2 aliphatic carbocycles. The van der Waals surface area contributed by atoms with E-state index in [1.165, 1.54) is 19.3 Å². The number of fused-ring (bicyclic) bond motifs is 1. The van der Waals surface area contributed by atoms with Crippen LogP contribution in [0, 0.1) is 11.8 Å². The minimum Gasteiger partial charge on any atom is -0.212 e. The Morgan fingerprint density at radius 1 is 1.17 bits per heavy atom. The normalized spacial score (nSPS) is 41.6. The van der Waals surface area contributed by atoms with Gasteiger partial charge in [0.15, 0.2) is 0 Å². The average Bonchev–Trinajstić information content (AvgIpc) is 1.88. The molecule has 3 unspecified atom stereocenters. The molecule has 0 bridgehead atoms. The van der Waals surface area contributed by atoms with Crippen LogP contribution in [0.5, 0.6) is 0 Å². The maximum atomic E-state index is 11.0. The maximum Gasteiger partial charge on any atom is 0.235 e. The summed E-state index contributed by atoms with van der Waals surface area (Å²) in [6, 6.07) is 0. The number of hydrogen-bond acceptors (Lipinski definition) is 2. The molecule has 0 radical (unpaired) electrons. The van der Waals surface area contributed by atoms with Crippen LogP contribution in [0.4, 0.5) is 0 Å². The van der Waals surface area contributed by atoms with E-state index >= 15 is 0 Å². The highest BCUT2D eigenvalue weighted by Crippen LogP contribution is 2.48. The quantitative estimate of drug-likeness (QED) is 0.619. The van der Waals surface area contributed by atoms with Crippen LogP contribution in [0.3, 0.4) is 0 Å². The molecule has 0 saturated heterocycles. The Morgan fingerprint density at radius 3 is 2.42 bits per heavy atom. The second kappa shape index (κ2) is 2.88. The lowest BCUT2D eigenvalue weighted by atomic mass is 9.65. The fourth-order valence-corrected chi connectivity index (χ4v) is 4.49. The van der Waals surface area contributed by atoms with Crippen molar-refractivity contribution in [2.45, 2.75) is 37.4 Å². The Kier molecular flexibility index (Phi) is 2.11. The second-order valence-corrected chi connectivity index (χ2v) is 6.81. The molecule has 0 aromatic carbocycles. The van der Waals surface area contributed by atoms with Crippen molar-refractivity contribution in [2.24, 2.45) is 11.8 Å². The summed E-state index contributed by atoms with van der Waals surface area (Å²) in [5.41, 5.74) is 0. The predicted molar refractivity (Wildman–Crippen MR) is 48.6 cm³/mol. The SMILES string of the molecule is O=S(=O)(Cl)C1CC2CCCCC21. The third-order valence-corrected chi connectivity index (χ3v) is 5.29. The summed E-state index contributed by atoms with van der Waals surface area (Å²) in [6.45, 7) is 0. The van der Waals surface area contributed by atoms with E-state index in [0.717, 1.165) is 12.8 Å². The topological polar surface area (TPSA) is 34.1 Å². The summed E-state index contributed by atoms with van der Waals surface area (Å²) in [6.07, 6.45) is 5.56. The van der Waals surface area contributed by atoms with Gasteiger partial charge in [0.05, 0.1) is 5.25 Å². The van der Waals surface area contributed by atoms with Gasteiger partial charge in [0.2, 0.25) is 9.05 Å². The van der Waals surface area contributed by atoms with Gasteiger partial charge in [0.25, 0.3) is 0 Å². The van der Waals surface area contributed by atoms with E-state index in [2.05, 4.69) is 0 Å². The average molecular weight is 209 g/mol. The third-order valence-electron chi connectivity index (χ3n) is 3.34.